The summed E-state index contributed by atoms with van der Waals surface area (Å²) in [5.74, 6) is -0.216. The zero-order valence-corrected chi connectivity index (χ0v) is 11.7. The Hall–Kier alpha value is -0.940. The number of halogens is 1. The highest BCUT2D eigenvalue weighted by atomic mass is 79.9. The number of hydrogen-bond acceptors (Lipinski definition) is 3. The highest BCUT2D eigenvalue weighted by Crippen LogP contribution is 2.28. The molecule has 18 heavy (non-hydrogen) atoms. The van der Waals surface area contributed by atoms with Gasteiger partial charge < -0.3 is 10.4 Å². The van der Waals surface area contributed by atoms with E-state index in [0.717, 1.165) is 25.7 Å². The number of amides is 1. The summed E-state index contributed by atoms with van der Waals surface area (Å²) in [7, 11) is 0. The number of hydrogen-bond donors (Lipinski definition) is 2. The van der Waals surface area contributed by atoms with Crippen LogP contribution in [0.25, 0.3) is 0 Å². The van der Waals surface area contributed by atoms with Crippen molar-refractivity contribution in [2.24, 2.45) is 0 Å². The van der Waals surface area contributed by atoms with E-state index >= 15 is 0 Å². The highest BCUT2D eigenvalue weighted by Gasteiger charge is 2.33. The summed E-state index contributed by atoms with van der Waals surface area (Å²) in [6, 6.07) is 5.23. The molecule has 1 fully saturated rings. The molecule has 2 rings (SSSR count). The van der Waals surface area contributed by atoms with E-state index in [-0.39, 0.29) is 12.5 Å². The largest absolute Gasteiger partial charge is 0.394 e. The van der Waals surface area contributed by atoms with Crippen LogP contribution in [-0.4, -0.2) is 28.1 Å². The van der Waals surface area contributed by atoms with Crippen LogP contribution in [0.3, 0.4) is 0 Å². The first kappa shape index (κ1) is 13.5. The van der Waals surface area contributed by atoms with Gasteiger partial charge in [0.1, 0.15) is 10.3 Å². The summed E-state index contributed by atoms with van der Waals surface area (Å²) >= 11 is 3.25. The van der Waals surface area contributed by atoms with E-state index in [1.807, 2.05) is 0 Å². The van der Waals surface area contributed by atoms with E-state index in [2.05, 4.69) is 26.2 Å². The number of rotatable bonds is 3. The second-order valence-electron chi connectivity index (χ2n) is 4.80. The molecule has 0 aliphatic heterocycles. The second kappa shape index (κ2) is 5.80. The van der Waals surface area contributed by atoms with E-state index in [9.17, 15) is 9.90 Å². The molecule has 0 atom stereocenters. The summed E-state index contributed by atoms with van der Waals surface area (Å²) < 4.78 is 0.636. The molecule has 1 heterocycles. The molecule has 1 saturated carbocycles. The standard InChI is InChI=1S/C13H17BrN2O2/c14-11-6-4-5-10(15-11)12(18)16-13(9-17)7-2-1-3-8-13/h4-6,17H,1-3,7-9H2,(H,16,18). The summed E-state index contributed by atoms with van der Waals surface area (Å²) in [6.45, 7) is -0.00720. The zero-order valence-electron chi connectivity index (χ0n) is 10.2. The normalized spacial score (nSPS) is 18.3. The third kappa shape index (κ3) is 3.09. The quantitative estimate of drug-likeness (QED) is 0.842. The van der Waals surface area contributed by atoms with Gasteiger partial charge in [-0.25, -0.2) is 4.98 Å². The maximum Gasteiger partial charge on any atom is 0.270 e. The number of aliphatic hydroxyl groups excluding tert-OH is 1. The topological polar surface area (TPSA) is 62.2 Å². The van der Waals surface area contributed by atoms with Gasteiger partial charge in [-0.05, 0) is 40.9 Å². The van der Waals surface area contributed by atoms with Gasteiger partial charge in [-0.2, -0.15) is 0 Å². The van der Waals surface area contributed by atoms with E-state index < -0.39 is 5.54 Å². The van der Waals surface area contributed by atoms with Gasteiger partial charge in [0.15, 0.2) is 0 Å². The fourth-order valence-electron chi connectivity index (χ4n) is 2.39. The number of nitrogens with one attached hydrogen (secondary N) is 1. The van der Waals surface area contributed by atoms with Crippen LogP contribution in [0.2, 0.25) is 0 Å². The van der Waals surface area contributed by atoms with Gasteiger partial charge in [-0.15, -0.1) is 0 Å². The molecular weight excluding hydrogens is 296 g/mol. The number of aliphatic hydroxyl groups is 1. The molecule has 0 saturated heterocycles. The number of pyridine rings is 1. The Kier molecular flexibility index (Phi) is 4.35. The lowest BCUT2D eigenvalue weighted by molar-refractivity contribution is 0.0754. The number of carbonyl (C=O) groups excluding carboxylic acids is 1. The van der Waals surface area contributed by atoms with Crippen LogP contribution in [0, 0.1) is 0 Å². The minimum absolute atomic E-state index is 0.00720. The van der Waals surface area contributed by atoms with E-state index in [1.165, 1.54) is 6.42 Å². The Morgan fingerprint density at radius 1 is 1.39 bits per heavy atom. The molecule has 0 aromatic carbocycles. The van der Waals surface area contributed by atoms with Crippen molar-refractivity contribution in [3.05, 3.63) is 28.5 Å². The minimum atomic E-state index is -0.459. The van der Waals surface area contributed by atoms with Crippen molar-refractivity contribution < 1.29 is 9.90 Å². The van der Waals surface area contributed by atoms with Crippen LogP contribution in [0.4, 0.5) is 0 Å². The van der Waals surface area contributed by atoms with Gasteiger partial charge in [0.25, 0.3) is 5.91 Å². The average molecular weight is 313 g/mol. The third-order valence-electron chi connectivity index (χ3n) is 3.44. The van der Waals surface area contributed by atoms with Gasteiger partial charge in [-0.3, -0.25) is 4.79 Å². The van der Waals surface area contributed by atoms with Crippen molar-refractivity contribution in [3.8, 4) is 0 Å². The SMILES string of the molecule is O=C(NC1(CO)CCCCC1)c1cccc(Br)n1. The molecule has 98 valence electrons. The maximum absolute atomic E-state index is 12.1. The van der Waals surface area contributed by atoms with Crippen molar-refractivity contribution in [1.29, 1.82) is 0 Å². The molecule has 1 amide bonds. The fraction of sp³-hybridized carbons (Fsp3) is 0.538. The lowest BCUT2D eigenvalue weighted by Gasteiger charge is -2.36. The monoisotopic (exact) mass is 312 g/mol. The number of aromatic nitrogens is 1. The summed E-state index contributed by atoms with van der Waals surface area (Å²) in [5, 5.41) is 12.5. The van der Waals surface area contributed by atoms with Crippen molar-refractivity contribution >= 4 is 21.8 Å². The molecule has 1 aromatic rings. The molecule has 0 bridgehead atoms. The summed E-state index contributed by atoms with van der Waals surface area (Å²) in [5.41, 5.74) is -0.0814. The molecule has 4 nitrogen and oxygen atoms in total. The predicted molar refractivity (Wildman–Crippen MR) is 72.3 cm³/mol. The Morgan fingerprint density at radius 3 is 2.72 bits per heavy atom. The Labute approximate surface area is 115 Å². The van der Waals surface area contributed by atoms with Crippen LogP contribution < -0.4 is 5.32 Å². The lowest BCUT2D eigenvalue weighted by Crippen LogP contribution is -2.52. The van der Waals surface area contributed by atoms with E-state index in [0.29, 0.717) is 10.3 Å². The van der Waals surface area contributed by atoms with E-state index in [1.54, 1.807) is 18.2 Å². The highest BCUT2D eigenvalue weighted by molar-refractivity contribution is 9.10. The van der Waals surface area contributed by atoms with Gasteiger partial charge in [0, 0.05) is 0 Å². The van der Waals surface area contributed by atoms with Crippen molar-refractivity contribution in [1.82, 2.24) is 10.3 Å². The summed E-state index contributed by atoms with van der Waals surface area (Å²) in [4.78, 5) is 16.3. The summed E-state index contributed by atoms with van der Waals surface area (Å²) in [6.07, 6.45) is 4.94. The second-order valence-corrected chi connectivity index (χ2v) is 5.61. The fourth-order valence-corrected chi connectivity index (χ4v) is 2.73. The third-order valence-corrected chi connectivity index (χ3v) is 3.88. The van der Waals surface area contributed by atoms with Crippen LogP contribution in [0.15, 0.2) is 22.8 Å². The smallest absolute Gasteiger partial charge is 0.270 e. The van der Waals surface area contributed by atoms with Crippen LogP contribution in [0.1, 0.15) is 42.6 Å². The van der Waals surface area contributed by atoms with Crippen LogP contribution in [0.5, 0.6) is 0 Å². The molecule has 0 radical (unpaired) electrons. The maximum atomic E-state index is 12.1. The Balaban J connectivity index is 2.10. The lowest BCUT2D eigenvalue weighted by atomic mass is 9.82. The number of nitrogens with zero attached hydrogens (tertiary/aromatic N) is 1. The zero-order chi connectivity index (χ0) is 13.0. The van der Waals surface area contributed by atoms with Crippen molar-refractivity contribution in [2.45, 2.75) is 37.6 Å². The van der Waals surface area contributed by atoms with Gasteiger partial charge >= 0.3 is 0 Å². The van der Waals surface area contributed by atoms with Gasteiger partial charge in [-0.1, -0.05) is 25.3 Å². The first-order valence-corrected chi connectivity index (χ1v) is 7.00. The molecule has 1 aliphatic carbocycles. The first-order valence-electron chi connectivity index (χ1n) is 6.21. The number of carbonyl (C=O) groups is 1. The minimum Gasteiger partial charge on any atom is -0.394 e. The van der Waals surface area contributed by atoms with Crippen LogP contribution in [-0.2, 0) is 0 Å². The molecule has 1 aliphatic rings. The molecule has 0 spiro atoms. The van der Waals surface area contributed by atoms with E-state index in [4.69, 9.17) is 0 Å². The predicted octanol–water partition coefficient (Wildman–Crippen LogP) is 2.27. The van der Waals surface area contributed by atoms with Gasteiger partial charge in [0.2, 0.25) is 0 Å². The first-order chi connectivity index (χ1) is 8.65. The Bertz CT molecular complexity index is 431. The van der Waals surface area contributed by atoms with Crippen molar-refractivity contribution in [3.63, 3.8) is 0 Å². The van der Waals surface area contributed by atoms with Crippen LogP contribution >= 0.6 is 15.9 Å². The molecule has 2 N–H and O–H groups in total. The molecule has 5 heteroatoms. The molecule has 0 unspecified atom stereocenters. The van der Waals surface area contributed by atoms with Crippen molar-refractivity contribution in [2.75, 3.05) is 6.61 Å². The molecular formula is C13H17BrN2O2. The average Bonchev–Trinajstić information content (AvgIpc) is 2.40. The Morgan fingerprint density at radius 2 is 2.11 bits per heavy atom. The molecule has 1 aromatic heterocycles. The van der Waals surface area contributed by atoms with Gasteiger partial charge in [0.05, 0.1) is 12.1 Å².